The van der Waals surface area contributed by atoms with Gasteiger partial charge in [0.1, 0.15) is 12.5 Å². The highest BCUT2D eigenvalue weighted by Gasteiger charge is 2.23. The number of rotatable bonds is 6. The Bertz CT molecular complexity index is 390. The van der Waals surface area contributed by atoms with Crippen LogP contribution < -0.4 is 4.90 Å². The van der Waals surface area contributed by atoms with Gasteiger partial charge in [-0.1, -0.05) is 30.3 Å². The van der Waals surface area contributed by atoms with Gasteiger partial charge < -0.3 is 4.90 Å². The van der Waals surface area contributed by atoms with E-state index in [2.05, 4.69) is 19.9 Å². The Morgan fingerprint density at radius 1 is 1.29 bits per heavy atom. The first-order valence-corrected chi connectivity index (χ1v) is 6.03. The van der Waals surface area contributed by atoms with Gasteiger partial charge in [-0.25, -0.2) is 0 Å². The van der Waals surface area contributed by atoms with Gasteiger partial charge in [0.05, 0.1) is 19.2 Å². The molecule has 0 saturated heterocycles. The standard InChI is InChI=1S/C14H18N2O/c1-3-16(4-2)11-14(17)13(10-15)12-8-6-5-7-9-12/h5-9,13H,3-4,11H2,1-2H3/p+1/t13-/m1/s1. The summed E-state index contributed by atoms with van der Waals surface area (Å²) in [7, 11) is 0. The van der Waals surface area contributed by atoms with Crippen molar-refractivity contribution in [3.05, 3.63) is 35.9 Å². The molecule has 1 aromatic carbocycles. The summed E-state index contributed by atoms with van der Waals surface area (Å²) in [6.07, 6.45) is 0. The van der Waals surface area contributed by atoms with E-state index in [1.165, 1.54) is 4.90 Å². The monoisotopic (exact) mass is 231 g/mol. The molecular weight excluding hydrogens is 212 g/mol. The number of nitriles is 1. The van der Waals surface area contributed by atoms with E-state index in [0.717, 1.165) is 18.7 Å². The molecule has 0 unspecified atom stereocenters. The number of Topliss-reactive ketones (excluding diaryl/α,β-unsaturated/α-hetero) is 1. The molecule has 17 heavy (non-hydrogen) atoms. The Labute approximate surface area is 103 Å². The number of carbonyl (C=O) groups is 1. The van der Waals surface area contributed by atoms with Crippen LogP contribution in [0.25, 0.3) is 0 Å². The fourth-order valence-electron chi connectivity index (χ4n) is 1.83. The maximum Gasteiger partial charge on any atom is 0.208 e. The van der Waals surface area contributed by atoms with Gasteiger partial charge in [-0.2, -0.15) is 5.26 Å². The highest BCUT2D eigenvalue weighted by molar-refractivity contribution is 5.89. The summed E-state index contributed by atoms with van der Waals surface area (Å²) >= 11 is 0. The molecule has 0 aliphatic heterocycles. The Morgan fingerprint density at radius 2 is 1.88 bits per heavy atom. The molecule has 0 saturated carbocycles. The van der Waals surface area contributed by atoms with Gasteiger partial charge >= 0.3 is 0 Å². The molecule has 0 aromatic heterocycles. The summed E-state index contributed by atoms with van der Waals surface area (Å²) in [5, 5.41) is 9.13. The number of ketones is 1. The minimum Gasteiger partial charge on any atom is -0.329 e. The van der Waals surface area contributed by atoms with E-state index in [-0.39, 0.29) is 5.78 Å². The lowest BCUT2D eigenvalue weighted by atomic mass is 9.96. The van der Waals surface area contributed by atoms with Crippen molar-refractivity contribution >= 4 is 5.78 Å². The van der Waals surface area contributed by atoms with Crippen LogP contribution in [0.15, 0.2) is 30.3 Å². The van der Waals surface area contributed by atoms with Crippen LogP contribution in [0.4, 0.5) is 0 Å². The van der Waals surface area contributed by atoms with E-state index in [0.29, 0.717) is 6.54 Å². The lowest BCUT2D eigenvalue weighted by Gasteiger charge is -2.16. The topological polar surface area (TPSA) is 45.3 Å². The minimum absolute atomic E-state index is 0.0115. The molecule has 0 amide bonds. The second kappa shape index (κ2) is 6.82. The lowest BCUT2D eigenvalue weighted by molar-refractivity contribution is -0.888. The molecular formula is C14H19N2O+. The molecule has 1 aromatic rings. The fraction of sp³-hybridized carbons (Fsp3) is 0.429. The van der Waals surface area contributed by atoms with Gasteiger partial charge in [0.25, 0.3) is 0 Å². The van der Waals surface area contributed by atoms with Crippen LogP contribution in [0.5, 0.6) is 0 Å². The van der Waals surface area contributed by atoms with Gasteiger partial charge in [-0.15, -0.1) is 0 Å². The van der Waals surface area contributed by atoms with Gasteiger partial charge in [0, 0.05) is 0 Å². The van der Waals surface area contributed by atoms with Crippen LogP contribution in [0.1, 0.15) is 25.3 Å². The molecule has 0 spiro atoms. The fourth-order valence-corrected chi connectivity index (χ4v) is 1.83. The molecule has 90 valence electrons. The third-order valence-corrected chi connectivity index (χ3v) is 3.01. The molecule has 1 rings (SSSR count). The molecule has 3 nitrogen and oxygen atoms in total. The summed E-state index contributed by atoms with van der Waals surface area (Å²) in [5.41, 5.74) is 0.798. The Morgan fingerprint density at radius 3 is 2.35 bits per heavy atom. The first-order chi connectivity index (χ1) is 8.22. The van der Waals surface area contributed by atoms with Gasteiger partial charge in [0.2, 0.25) is 5.78 Å². The zero-order valence-corrected chi connectivity index (χ0v) is 10.4. The summed E-state index contributed by atoms with van der Waals surface area (Å²) in [5.74, 6) is -0.610. The first kappa shape index (κ1) is 13.4. The predicted octanol–water partition coefficient (Wildman–Crippen LogP) is 0.788. The number of hydrogen-bond acceptors (Lipinski definition) is 2. The van der Waals surface area contributed by atoms with E-state index in [9.17, 15) is 4.79 Å². The molecule has 0 heterocycles. The summed E-state index contributed by atoms with van der Waals surface area (Å²) in [6.45, 7) is 6.36. The van der Waals surface area contributed by atoms with Crippen molar-refractivity contribution in [3.63, 3.8) is 0 Å². The summed E-state index contributed by atoms with van der Waals surface area (Å²) < 4.78 is 0. The van der Waals surface area contributed by atoms with E-state index in [1.54, 1.807) is 0 Å². The number of benzene rings is 1. The van der Waals surface area contributed by atoms with Crippen molar-refractivity contribution in [2.24, 2.45) is 0 Å². The number of carbonyl (C=O) groups excluding carboxylic acids is 1. The smallest absolute Gasteiger partial charge is 0.208 e. The average Bonchev–Trinajstić information content (AvgIpc) is 2.38. The van der Waals surface area contributed by atoms with E-state index in [4.69, 9.17) is 5.26 Å². The molecule has 1 atom stereocenters. The molecule has 3 heteroatoms. The predicted molar refractivity (Wildman–Crippen MR) is 66.7 cm³/mol. The van der Waals surface area contributed by atoms with E-state index < -0.39 is 5.92 Å². The molecule has 0 bridgehead atoms. The van der Waals surface area contributed by atoms with Crippen molar-refractivity contribution in [3.8, 4) is 6.07 Å². The number of hydrogen-bond donors (Lipinski definition) is 1. The number of nitrogens with one attached hydrogen (secondary N) is 1. The first-order valence-electron chi connectivity index (χ1n) is 6.03. The van der Waals surface area contributed by atoms with Crippen molar-refractivity contribution in [1.82, 2.24) is 0 Å². The molecule has 0 fully saturated rings. The van der Waals surface area contributed by atoms with Crippen molar-refractivity contribution in [2.75, 3.05) is 19.6 Å². The summed E-state index contributed by atoms with van der Waals surface area (Å²) in [4.78, 5) is 13.3. The molecule has 0 aliphatic carbocycles. The van der Waals surface area contributed by atoms with Crippen LogP contribution >= 0.6 is 0 Å². The number of likely N-dealkylation sites (N-methyl/N-ethyl adjacent to an activating group) is 1. The largest absolute Gasteiger partial charge is 0.329 e. The minimum atomic E-state index is -0.621. The highest BCUT2D eigenvalue weighted by Crippen LogP contribution is 2.14. The Hall–Kier alpha value is -1.66. The van der Waals surface area contributed by atoms with Gasteiger partial charge in [-0.05, 0) is 19.4 Å². The van der Waals surface area contributed by atoms with Crippen molar-refractivity contribution < 1.29 is 9.69 Å². The average molecular weight is 231 g/mol. The highest BCUT2D eigenvalue weighted by atomic mass is 16.1. The number of quaternary nitrogens is 1. The van der Waals surface area contributed by atoms with Gasteiger partial charge in [0.15, 0.2) is 0 Å². The lowest BCUT2D eigenvalue weighted by Crippen LogP contribution is -3.12. The van der Waals surface area contributed by atoms with Crippen LogP contribution in [-0.2, 0) is 4.79 Å². The molecule has 1 N–H and O–H groups in total. The zero-order valence-electron chi connectivity index (χ0n) is 10.4. The van der Waals surface area contributed by atoms with Crippen LogP contribution in [0.2, 0.25) is 0 Å². The summed E-state index contributed by atoms with van der Waals surface area (Å²) in [6, 6.07) is 11.4. The van der Waals surface area contributed by atoms with Crippen LogP contribution in [-0.4, -0.2) is 25.4 Å². The van der Waals surface area contributed by atoms with E-state index >= 15 is 0 Å². The zero-order chi connectivity index (χ0) is 12.7. The van der Waals surface area contributed by atoms with Crippen LogP contribution in [0.3, 0.4) is 0 Å². The van der Waals surface area contributed by atoms with Crippen LogP contribution in [0, 0.1) is 11.3 Å². The second-order valence-corrected chi connectivity index (χ2v) is 4.07. The second-order valence-electron chi connectivity index (χ2n) is 4.07. The quantitative estimate of drug-likeness (QED) is 0.786. The Kier molecular flexibility index (Phi) is 5.38. The maximum absolute atomic E-state index is 12.1. The third-order valence-electron chi connectivity index (χ3n) is 3.01. The van der Waals surface area contributed by atoms with Crippen molar-refractivity contribution in [1.29, 1.82) is 5.26 Å². The third kappa shape index (κ3) is 3.69. The SMILES string of the molecule is CC[NH+](CC)CC(=O)[C@H](C#N)c1ccccc1. The van der Waals surface area contributed by atoms with E-state index in [1.807, 2.05) is 30.3 Å². The van der Waals surface area contributed by atoms with Crippen molar-refractivity contribution in [2.45, 2.75) is 19.8 Å². The molecule has 0 aliphatic rings. The number of nitrogens with zero attached hydrogens (tertiary/aromatic N) is 1. The molecule has 0 radical (unpaired) electrons. The Balaban J connectivity index is 2.76. The van der Waals surface area contributed by atoms with Gasteiger partial charge in [-0.3, -0.25) is 4.79 Å². The maximum atomic E-state index is 12.1. The normalized spacial score (nSPS) is 12.1.